The molecular weight excluding hydrogens is 326 g/mol. The monoisotopic (exact) mass is 349 g/mol. The van der Waals surface area contributed by atoms with Crippen LogP contribution in [0.5, 0.6) is 0 Å². The third kappa shape index (κ3) is 5.08. The van der Waals surface area contributed by atoms with Gasteiger partial charge in [0.1, 0.15) is 0 Å². The van der Waals surface area contributed by atoms with E-state index in [1.54, 1.807) is 25.1 Å². The molecule has 0 bridgehead atoms. The summed E-state index contributed by atoms with van der Waals surface area (Å²) in [5.41, 5.74) is 0.883. The first-order valence-electron chi connectivity index (χ1n) is 8.24. The van der Waals surface area contributed by atoms with Gasteiger partial charge in [-0.2, -0.15) is 0 Å². The summed E-state index contributed by atoms with van der Waals surface area (Å²) in [6, 6.07) is 4.90. The van der Waals surface area contributed by atoms with Gasteiger partial charge < -0.3 is 10.6 Å². The van der Waals surface area contributed by atoms with Crippen molar-refractivity contribution in [2.24, 2.45) is 5.92 Å². The summed E-state index contributed by atoms with van der Waals surface area (Å²) in [4.78, 5) is 26.4. The number of hydrogen-bond donors (Lipinski definition) is 2. The Morgan fingerprint density at radius 3 is 2.96 bits per heavy atom. The lowest BCUT2D eigenvalue weighted by atomic mass is 10.1. The molecule has 0 aliphatic carbocycles. The van der Waals surface area contributed by atoms with Crippen LogP contribution in [-0.2, 0) is 4.79 Å². The highest BCUT2D eigenvalue weighted by atomic mass is 35.5. The molecule has 130 valence electrons. The van der Waals surface area contributed by atoms with Crippen molar-refractivity contribution in [3.63, 3.8) is 0 Å². The van der Waals surface area contributed by atoms with Gasteiger partial charge >= 0.3 is 0 Å². The number of likely N-dealkylation sites (tertiary alicyclic amines) is 1. The molecular formula is C18H24ClN3O2. The molecule has 1 fully saturated rings. The van der Waals surface area contributed by atoms with E-state index in [0.29, 0.717) is 35.2 Å². The van der Waals surface area contributed by atoms with Gasteiger partial charge in [0.25, 0.3) is 5.91 Å². The molecule has 1 saturated heterocycles. The van der Waals surface area contributed by atoms with Gasteiger partial charge in [-0.3, -0.25) is 14.5 Å². The number of rotatable bonds is 7. The van der Waals surface area contributed by atoms with Crippen molar-refractivity contribution < 1.29 is 9.59 Å². The zero-order chi connectivity index (χ0) is 17.5. The molecule has 1 unspecified atom stereocenters. The zero-order valence-electron chi connectivity index (χ0n) is 14.0. The lowest BCUT2D eigenvalue weighted by Gasteiger charge is -2.15. The normalized spacial score (nSPS) is 17.5. The Kier molecular flexibility index (Phi) is 6.82. The van der Waals surface area contributed by atoms with E-state index in [2.05, 4.69) is 22.1 Å². The molecule has 24 heavy (non-hydrogen) atoms. The lowest BCUT2D eigenvalue weighted by Crippen LogP contribution is -2.31. The maximum atomic E-state index is 12.5. The van der Waals surface area contributed by atoms with E-state index >= 15 is 0 Å². The van der Waals surface area contributed by atoms with Gasteiger partial charge in [0, 0.05) is 31.1 Å². The van der Waals surface area contributed by atoms with Crippen molar-refractivity contribution in [3.05, 3.63) is 41.4 Å². The molecule has 0 radical (unpaired) electrons. The Morgan fingerprint density at radius 1 is 1.46 bits per heavy atom. The summed E-state index contributed by atoms with van der Waals surface area (Å²) in [5.74, 6) is 0.0947. The predicted octanol–water partition coefficient (Wildman–Crippen LogP) is 2.93. The number of halogens is 1. The fraction of sp³-hybridized carbons (Fsp3) is 0.444. The fourth-order valence-corrected chi connectivity index (χ4v) is 2.99. The number of amides is 2. The van der Waals surface area contributed by atoms with E-state index in [4.69, 9.17) is 11.6 Å². The zero-order valence-corrected chi connectivity index (χ0v) is 14.7. The van der Waals surface area contributed by atoms with E-state index in [1.165, 1.54) is 0 Å². The van der Waals surface area contributed by atoms with Crippen LogP contribution in [0.1, 0.15) is 30.1 Å². The van der Waals surface area contributed by atoms with E-state index in [-0.39, 0.29) is 11.8 Å². The van der Waals surface area contributed by atoms with Crippen LogP contribution in [0.25, 0.3) is 0 Å². The SMILES string of the molecule is C=CCN1CCC(CNC(=O)c2ccc(Cl)cc2NC(=O)CC)C1. The molecule has 6 heteroatoms. The number of hydrogen-bond acceptors (Lipinski definition) is 3. The van der Waals surface area contributed by atoms with Gasteiger partial charge in [0.2, 0.25) is 5.91 Å². The maximum absolute atomic E-state index is 12.5. The number of anilines is 1. The molecule has 0 spiro atoms. The summed E-state index contributed by atoms with van der Waals surface area (Å²) in [7, 11) is 0. The van der Waals surface area contributed by atoms with Crippen LogP contribution >= 0.6 is 11.6 Å². The second-order valence-corrected chi connectivity index (χ2v) is 6.44. The molecule has 1 aliphatic heterocycles. The number of nitrogens with zero attached hydrogens (tertiary/aromatic N) is 1. The molecule has 5 nitrogen and oxygen atoms in total. The quantitative estimate of drug-likeness (QED) is 0.744. The number of benzene rings is 1. The molecule has 1 heterocycles. The van der Waals surface area contributed by atoms with Gasteiger partial charge in [-0.1, -0.05) is 24.6 Å². The highest BCUT2D eigenvalue weighted by Gasteiger charge is 2.22. The third-order valence-corrected chi connectivity index (χ3v) is 4.37. The van der Waals surface area contributed by atoms with Crippen LogP contribution in [0, 0.1) is 5.92 Å². The van der Waals surface area contributed by atoms with Crippen molar-refractivity contribution in [1.82, 2.24) is 10.2 Å². The Balaban J connectivity index is 1.97. The standard InChI is InChI=1S/C18H24ClN3O2/c1-3-8-22-9-7-13(12-22)11-20-18(24)15-6-5-14(19)10-16(15)21-17(23)4-2/h3,5-6,10,13H,1,4,7-9,11-12H2,2H3,(H,20,24)(H,21,23). The van der Waals surface area contributed by atoms with E-state index in [0.717, 1.165) is 26.1 Å². The van der Waals surface area contributed by atoms with Crippen molar-refractivity contribution in [2.75, 3.05) is 31.5 Å². The molecule has 0 aromatic heterocycles. The van der Waals surface area contributed by atoms with Crippen molar-refractivity contribution in [3.8, 4) is 0 Å². The summed E-state index contributed by atoms with van der Waals surface area (Å²) in [6.07, 6.45) is 3.31. The Morgan fingerprint density at radius 2 is 2.25 bits per heavy atom. The van der Waals surface area contributed by atoms with Gasteiger partial charge in [-0.25, -0.2) is 0 Å². The van der Waals surface area contributed by atoms with Crippen molar-refractivity contribution >= 4 is 29.1 Å². The topological polar surface area (TPSA) is 61.4 Å². The van der Waals surface area contributed by atoms with Gasteiger partial charge in [0.15, 0.2) is 0 Å². The minimum Gasteiger partial charge on any atom is -0.352 e. The molecule has 1 aromatic rings. The molecule has 1 aliphatic rings. The third-order valence-electron chi connectivity index (χ3n) is 4.13. The van der Waals surface area contributed by atoms with Gasteiger partial charge in [-0.05, 0) is 37.1 Å². The minimum absolute atomic E-state index is 0.151. The Bertz CT molecular complexity index is 618. The highest BCUT2D eigenvalue weighted by molar-refractivity contribution is 6.31. The Hall–Kier alpha value is -1.85. The minimum atomic E-state index is -0.194. The number of carbonyl (C=O) groups excluding carboxylic acids is 2. The van der Waals surface area contributed by atoms with Crippen LogP contribution < -0.4 is 10.6 Å². The van der Waals surface area contributed by atoms with E-state index < -0.39 is 0 Å². The molecule has 2 N–H and O–H groups in total. The molecule has 2 rings (SSSR count). The molecule has 1 atom stereocenters. The summed E-state index contributed by atoms with van der Waals surface area (Å²) in [5, 5.41) is 6.18. The van der Waals surface area contributed by atoms with Crippen molar-refractivity contribution in [1.29, 1.82) is 0 Å². The van der Waals surface area contributed by atoms with Crippen LogP contribution in [-0.4, -0.2) is 42.9 Å². The number of nitrogens with one attached hydrogen (secondary N) is 2. The maximum Gasteiger partial charge on any atom is 0.253 e. The van der Waals surface area contributed by atoms with Crippen LogP contribution in [0.2, 0.25) is 5.02 Å². The first-order chi connectivity index (χ1) is 11.5. The van der Waals surface area contributed by atoms with E-state index in [9.17, 15) is 9.59 Å². The van der Waals surface area contributed by atoms with Crippen molar-refractivity contribution in [2.45, 2.75) is 19.8 Å². The smallest absolute Gasteiger partial charge is 0.253 e. The summed E-state index contributed by atoms with van der Waals surface area (Å²) in [6.45, 7) is 9.02. The number of carbonyl (C=O) groups is 2. The molecule has 1 aromatic carbocycles. The first kappa shape index (κ1) is 18.5. The van der Waals surface area contributed by atoms with Crippen LogP contribution in [0.15, 0.2) is 30.9 Å². The average molecular weight is 350 g/mol. The lowest BCUT2D eigenvalue weighted by molar-refractivity contribution is -0.115. The average Bonchev–Trinajstić information content (AvgIpc) is 3.00. The summed E-state index contributed by atoms with van der Waals surface area (Å²) >= 11 is 5.98. The van der Waals surface area contributed by atoms with Crippen LogP contribution in [0.4, 0.5) is 5.69 Å². The Labute approximate surface area is 148 Å². The largest absolute Gasteiger partial charge is 0.352 e. The summed E-state index contributed by atoms with van der Waals surface area (Å²) < 4.78 is 0. The second-order valence-electron chi connectivity index (χ2n) is 6.00. The first-order valence-corrected chi connectivity index (χ1v) is 8.62. The van der Waals surface area contributed by atoms with Crippen LogP contribution in [0.3, 0.4) is 0 Å². The van der Waals surface area contributed by atoms with E-state index in [1.807, 2.05) is 6.08 Å². The highest BCUT2D eigenvalue weighted by Crippen LogP contribution is 2.22. The van der Waals surface area contributed by atoms with Gasteiger partial charge in [-0.15, -0.1) is 6.58 Å². The molecule has 0 saturated carbocycles. The predicted molar refractivity (Wildman–Crippen MR) is 97.4 cm³/mol. The second kappa shape index (κ2) is 8.85. The molecule has 2 amide bonds. The van der Waals surface area contributed by atoms with Gasteiger partial charge in [0.05, 0.1) is 11.3 Å². The fourth-order valence-electron chi connectivity index (χ4n) is 2.82.